The highest BCUT2D eigenvalue weighted by molar-refractivity contribution is 5.81. The molecule has 2 aromatic carbocycles. The molecular weight excluding hydrogens is 216 g/mol. The summed E-state index contributed by atoms with van der Waals surface area (Å²) in [7, 11) is 0. The zero-order valence-electron chi connectivity index (χ0n) is 11.7. The van der Waals surface area contributed by atoms with Gasteiger partial charge in [0.05, 0.1) is 0 Å². The molecule has 0 aromatic heterocycles. The third kappa shape index (κ3) is 1.38. The fraction of sp³-hybridized carbons (Fsp3) is 0.333. The molecule has 2 aromatic rings. The Morgan fingerprint density at radius 3 is 2.39 bits per heavy atom. The van der Waals surface area contributed by atoms with E-state index in [4.69, 9.17) is 0 Å². The first-order chi connectivity index (χ1) is 8.55. The van der Waals surface area contributed by atoms with Crippen LogP contribution < -0.4 is 0 Å². The van der Waals surface area contributed by atoms with Gasteiger partial charge in [0.2, 0.25) is 0 Å². The topological polar surface area (TPSA) is 0 Å². The van der Waals surface area contributed by atoms with Crippen molar-refractivity contribution in [3.63, 3.8) is 0 Å². The van der Waals surface area contributed by atoms with E-state index in [0.29, 0.717) is 0 Å². The molecule has 0 saturated heterocycles. The van der Waals surface area contributed by atoms with Gasteiger partial charge in [-0.25, -0.2) is 0 Å². The molecule has 0 heterocycles. The highest BCUT2D eigenvalue weighted by Crippen LogP contribution is 2.49. The smallest absolute Gasteiger partial charge is 0.0158 e. The fourth-order valence-corrected chi connectivity index (χ4v) is 3.28. The van der Waals surface area contributed by atoms with Gasteiger partial charge < -0.3 is 0 Å². The lowest BCUT2D eigenvalue weighted by atomic mass is 9.81. The number of hydrogen-bond acceptors (Lipinski definition) is 0. The van der Waals surface area contributed by atoms with Gasteiger partial charge in [0.1, 0.15) is 0 Å². The lowest BCUT2D eigenvalue weighted by Gasteiger charge is -2.22. The Hall–Kier alpha value is -1.56. The monoisotopic (exact) mass is 236 g/mol. The molecule has 1 aliphatic rings. The first-order valence-corrected chi connectivity index (χ1v) is 6.79. The number of benzene rings is 2. The SMILES string of the molecule is CCc1cc2c(cc1C)-c1ccccc1C2(C)C. The van der Waals surface area contributed by atoms with E-state index in [1.54, 1.807) is 0 Å². The lowest BCUT2D eigenvalue weighted by Crippen LogP contribution is -2.15. The quantitative estimate of drug-likeness (QED) is 0.663. The number of rotatable bonds is 1. The van der Waals surface area contributed by atoms with Crippen molar-refractivity contribution in [3.05, 3.63) is 58.7 Å². The van der Waals surface area contributed by atoms with Crippen LogP contribution in [0.4, 0.5) is 0 Å². The summed E-state index contributed by atoms with van der Waals surface area (Å²) in [6.45, 7) is 9.15. The highest BCUT2D eigenvalue weighted by atomic mass is 14.4. The molecule has 0 aliphatic heterocycles. The van der Waals surface area contributed by atoms with E-state index < -0.39 is 0 Å². The van der Waals surface area contributed by atoms with Gasteiger partial charge in [0.15, 0.2) is 0 Å². The van der Waals surface area contributed by atoms with Gasteiger partial charge in [0, 0.05) is 5.41 Å². The molecule has 0 radical (unpaired) electrons. The molecule has 3 rings (SSSR count). The van der Waals surface area contributed by atoms with Crippen LogP contribution in [0.15, 0.2) is 36.4 Å². The van der Waals surface area contributed by atoms with Gasteiger partial charge >= 0.3 is 0 Å². The molecule has 0 nitrogen and oxygen atoms in total. The van der Waals surface area contributed by atoms with E-state index in [0.717, 1.165) is 6.42 Å². The Bertz CT molecular complexity index is 618. The van der Waals surface area contributed by atoms with Crippen molar-refractivity contribution >= 4 is 0 Å². The normalized spacial score (nSPS) is 15.3. The van der Waals surface area contributed by atoms with Crippen LogP contribution in [0, 0.1) is 6.92 Å². The Balaban J connectivity index is 2.35. The molecule has 0 amide bonds. The number of aryl methyl sites for hydroxylation is 2. The second kappa shape index (κ2) is 3.71. The van der Waals surface area contributed by atoms with Crippen molar-refractivity contribution in [1.29, 1.82) is 0 Å². The largest absolute Gasteiger partial charge is 0.0619 e. The molecule has 0 atom stereocenters. The maximum atomic E-state index is 2.42. The summed E-state index contributed by atoms with van der Waals surface area (Å²) in [4.78, 5) is 0. The Kier molecular flexibility index (Phi) is 2.38. The van der Waals surface area contributed by atoms with E-state index in [-0.39, 0.29) is 5.41 Å². The number of hydrogen-bond donors (Lipinski definition) is 0. The zero-order chi connectivity index (χ0) is 12.9. The standard InChI is InChI=1S/C18H20/c1-5-13-11-17-15(10-12(13)2)14-8-6-7-9-16(14)18(17,3)4/h6-11H,5H2,1-4H3. The minimum Gasteiger partial charge on any atom is -0.0619 e. The summed E-state index contributed by atoms with van der Waals surface area (Å²) in [6, 6.07) is 13.6. The minimum atomic E-state index is 0.142. The second-order valence-electron chi connectivity index (χ2n) is 5.85. The molecular formula is C18H20. The minimum absolute atomic E-state index is 0.142. The van der Waals surface area contributed by atoms with Crippen molar-refractivity contribution in [2.24, 2.45) is 0 Å². The maximum Gasteiger partial charge on any atom is 0.0158 e. The van der Waals surface area contributed by atoms with Crippen LogP contribution in [0.1, 0.15) is 43.0 Å². The molecule has 1 aliphatic carbocycles. The van der Waals surface area contributed by atoms with Crippen molar-refractivity contribution in [2.45, 2.75) is 39.5 Å². The van der Waals surface area contributed by atoms with Crippen molar-refractivity contribution in [2.75, 3.05) is 0 Å². The predicted octanol–water partition coefficient (Wildman–Crippen LogP) is 4.86. The summed E-state index contributed by atoms with van der Waals surface area (Å²) in [5.41, 5.74) is 8.86. The van der Waals surface area contributed by atoms with Crippen LogP contribution in [0.2, 0.25) is 0 Å². The van der Waals surface area contributed by atoms with Crippen molar-refractivity contribution in [1.82, 2.24) is 0 Å². The van der Waals surface area contributed by atoms with E-state index in [9.17, 15) is 0 Å². The zero-order valence-corrected chi connectivity index (χ0v) is 11.7. The van der Waals surface area contributed by atoms with Crippen molar-refractivity contribution < 1.29 is 0 Å². The van der Waals surface area contributed by atoms with Crippen LogP contribution >= 0.6 is 0 Å². The Labute approximate surface area is 110 Å². The summed E-state index contributed by atoms with van der Waals surface area (Å²) in [6.07, 6.45) is 1.12. The fourth-order valence-electron chi connectivity index (χ4n) is 3.28. The van der Waals surface area contributed by atoms with Gasteiger partial charge in [-0.2, -0.15) is 0 Å². The van der Waals surface area contributed by atoms with Gasteiger partial charge in [-0.1, -0.05) is 57.2 Å². The molecule has 92 valence electrons. The highest BCUT2D eigenvalue weighted by Gasteiger charge is 2.35. The first kappa shape index (κ1) is 11.5. The summed E-state index contributed by atoms with van der Waals surface area (Å²) in [5, 5.41) is 0. The van der Waals surface area contributed by atoms with Gasteiger partial charge in [-0.15, -0.1) is 0 Å². The molecule has 18 heavy (non-hydrogen) atoms. The summed E-state index contributed by atoms with van der Waals surface area (Å²) < 4.78 is 0. The lowest BCUT2D eigenvalue weighted by molar-refractivity contribution is 0.659. The number of fused-ring (bicyclic) bond motifs is 3. The van der Waals surface area contributed by atoms with Crippen LogP contribution in [0.25, 0.3) is 11.1 Å². The Morgan fingerprint density at radius 2 is 1.67 bits per heavy atom. The molecule has 0 spiro atoms. The Morgan fingerprint density at radius 1 is 0.944 bits per heavy atom. The van der Waals surface area contributed by atoms with Crippen LogP contribution in [-0.2, 0) is 11.8 Å². The second-order valence-corrected chi connectivity index (χ2v) is 5.85. The van der Waals surface area contributed by atoms with E-state index in [1.165, 1.54) is 33.4 Å². The summed E-state index contributed by atoms with van der Waals surface area (Å²) >= 11 is 0. The molecule has 0 bridgehead atoms. The van der Waals surface area contributed by atoms with Gasteiger partial charge in [-0.3, -0.25) is 0 Å². The average molecular weight is 236 g/mol. The molecule has 0 saturated carbocycles. The first-order valence-electron chi connectivity index (χ1n) is 6.79. The van der Waals surface area contributed by atoms with E-state index in [2.05, 4.69) is 64.1 Å². The van der Waals surface area contributed by atoms with Gasteiger partial charge in [0.25, 0.3) is 0 Å². The molecule has 0 N–H and O–H groups in total. The molecule has 0 unspecified atom stereocenters. The van der Waals surface area contributed by atoms with E-state index >= 15 is 0 Å². The average Bonchev–Trinajstić information content (AvgIpc) is 2.58. The molecule has 0 heteroatoms. The third-order valence-electron chi connectivity index (χ3n) is 4.42. The summed E-state index contributed by atoms with van der Waals surface area (Å²) in [5.74, 6) is 0. The van der Waals surface area contributed by atoms with Crippen LogP contribution in [-0.4, -0.2) is 0 Å². The molecule has 0 fully saturated rings. The third-order valence-corrected chi connectivity index (χ3v) is 4.42. The van der Waals surface area contributed by atoms with Gasteiger partial charge in [-0.05, 0) is 46.7 Å². The van der Waals surface area contributed by atoms with Crippen molar-refractivity contribution in [3.8, 4) is 11.1 Å². The maximum absolute atomic E-state index is 2.42. The van der Waals surface area contributed by atoms with Crippen LogP contribution in [0.3, 0.4) is 0 Å². The predicted molar refractivity (Wildman–Crippen MR) is 78.1 cm³/mol. The van der Waals surface area contributed by atoms with Crippen LogP contribution in [0.5, 0.6) is 0 Å². The van der Waals surface area contributed by atoms with E-state index in [1.807, 2.05) is 0 Å².